The van der Waals surface area contributed by atoms with Crippen molar-refractivity contribution in [1.29, 1.82) is 0 Å². The number of amides is 3. The molecule has 1 saturated carbocycles. The monoisotopic (exact) mass is 596 g/mol. The molecule has 3 aromatic carbocycles. The van der Waals surface area contributed by atoms with Gasteiger partial charge in [-0.3, -0.25) is 9.59 Å². The highest BCUT2D eigenvalue weighted by Gasteiger charge is 2.30. The number of anilines is 2. The fourth-order valence-electron chi connectivity index (χ4n) is 5.69. The molecule has 5 rings (SSSR count). The lowest BCUT2D eigenvalue weighted by molar-refractivity contribution is -0.130. The van der Waals surface area contributed by atoms with Crippen LogP contribution in [0.2, 0.25) is 0 Å². The minimum Gasteiger partial charge on any atom is -0.465 e. The molecule has 1 aliphatic carbocycles. The lowest BCUT2D eigenvalue weighted by Gasteiger charge is -2.29. The second-order valence-corrected chi connectivity index (χ2v) is 11.3. The minimum absolute atomic E-state index is 0.173. The van der Waals surface area contributed by atoms with E-state index in [1.165, 1.54) is 0 Å². The molecular weight excluding hydrogens is 560 g/mol. The fraction of sp³-hybridized carbons (Fsp3) is 0.312. The van der Waals surface area contributed by atoms with Gasteiger partial charge in [0.2, 0.25) is 11.8 Å². The van der Waals surface area contributed by atoms with E-state index < -0.39 is 12.1 Å². The largest absolute Gasteiger partial charge is 0.465 e. The number of aryl methyl sites for hydroxylation is 1. The van der Waals surface area contributed by atoms with Crippen LogP contribution in [0, 0.1) is 18.8 Å². The lowest BCUT2D eigenvalue weighted by atomic mass is 9.81. The van der Waals surface area contributed by atoms with Crippen LogP contribution in [-0.2, 0) is 16.0 Å². The summed E-state index contributed by atoms with van der Waals surface area (Å²) in [5, 5.41) is 31.1. The van der Waals surface area contributed by atoms with E-state index in [2.05, 4.69) is 36.6 Å². The second kappa shape index (κ2) is 13.8. The maximum atomic E-state index is 13.7. The van der Waals surface area contributed by atoms with Crippen LogP contribution in [0.25, 0.3) is 22.5 Å². The number of carbonyl (C=O) groups is 3. The highest BCUT2D eigenvalue weighted by Crippen LogP contribution is 2.29. The summed E-state index contributed by atoms with van der Waals surface area (Å²) >= 11 is 0. The number of tetrazole rings is 1. The second-order valence-electron chi connectivity index (χ2n) is 11.3. The average Bonchev–Trinajstić information content (AvgIpc) is 3.56. The predicted molar refractivity (Wildman–Crippen MR) is 166 cm³/mol. The number of H-pyrrole nitrogens is 1. The van der Waals surface area contributed by atoms with Gasteiger partial charge in [0.25, 0.3) is 0 Å². The van der Waals surface area contributed by atoms with Crippen molar-refractivity contribution in [3.63, 3.8) is 0 Å². The Balaban J connectivity index is 1.31. The van der Waals surface area contributed by atoms with Gasteiger partial charge in [-0.25, -0.2) is 9.89 Å². The number of rotatable bonds is 10. The van der Waals surface area contributed by atoms with Crippen molar-refractivity contribution in [1.82, 2.24) is 31.3 Å². The molecule has 4 aromatic rings. The van der Waals surface area contributed by atoms with Crippen molar-refractivity contribution in [3.05, 3.63) is 77.9 Å². The number of benzene rings is 3. The summed E-state index contributed by atoms with van der Waals surface area (Å²) in [6.07, 6.45) is 2.00. The van der Waals surface area contributed by atoms with E-state index in [1.54, 1.807) is 24.3 Å². The van der Waals surface area contributed by atoms with Gasteiger partial charge in [-0.2, -0.15) is 0 Å². The highest BCUT2D eigenvalue weighted by atomic mass is 16.4. The van der Waals surface area contributed by atoms with E-state index in [0.717, 1.165) is 40.7 Å². The van der Waals surface area contributed by atoms with E-state index in [-0.39, 0.29) is 23.7 Å². The molecule has 3 amide bonds. The number of carbonyl (C=O) groups excluding carboxylic acids is 2. The van der Waals surface area contributed by atoms with Crippen LogP contribution < -0.4 is 21.7 Å². The molecule has 0 aliphatic heterocycles. The third-order valence-corrected chi connectivity index (χ3v) is 8.09. The first-order chi connectivity index (χ1) is 21.2. The zero-order valence-corrected chi connectivity index (χ0v) is 24.4. The lowest BCUT2D eigenvalue weighted by Crippen LogP contribution is -2.48. The number of nitrogens with one attached hydrogen (secondary N) is 4. The zero-order valence-electron chi connectivity index (χ0n) is 24.4. The summed E-state index contributed by atoms with van der Waals surface area (Å²) in [4.78, 5) is 37.9. The van der Waals surface area contributed by atoms with Gasteiger partial charge in [-0.05, 0) is 108 Å². The Bertz CT molecular complexity index is 1600. The Morgan fingerprint density at radius 3 is 2.45 bits per heavy atom. The van der Waals surface area contributed by atoms with Crippen LogP contribution >= 0.6 is 0 Å². The van der Waals surface area contributed by atoms with Crippen molar-refractivity contribution in [2.24, 2.45) is 11.8 Å². The standard InChI is InChI=1S/C32H36N8O4/c1-19-15-25(33)11-14-27(19)24-4-2-3-21(16-24)17-28(36-30(41)23-7-5-20(6-8-23)18-34-32(43)44)31(42)35-26-12-9-22(10-13-26)29-37-39-40-38-29/h2-4,9-16,20,23,28,34H,5-8,17-18,33H2,1H3,(H,35,42)(H,36,41)(H,43,44)(H,37,38,39,40)/t20-,23-,28-/m0/s1. The number of nitrogen functional groups attached to an aromatic ring is 1. The summed E-state index contributed by atoms with van der Waals surface area (Å²) < 4.78 is 0. The number of hydrogen-bond donors (Lipinski definition) is 6. The minimum atomic E-state index is -1.04. The molecule has 12 nitrogen and oxygen atoms in total. The van der Waals surface area contributed by atoms with Gasteiger partial charge in [-0.15, -0.1) is 5.10 Å². The topological polar surface area (TPSA) is 188 Å². The fourth-order valence-corrected chi connectivity index (χ4v) is 5.69. The normalized spacial score (nSPS) is 16.9. The third-order valence-electron chi connectivity index (χ3n) is 8.09. The van der Waals surface area contributed by atoms with E-state index in [9.17, 15) is 14.4 Å². The van der Waals surface area contributed by atoms with E-state index in [1.807, 2.05) is 49.4 Å². The first kappa shape index (κ1) is 30.2. The van der Waals surface area contributed by atoms with Crippen molar-refractivity contribution < 1.29 is 19.5 Å². The molecule has 0 unspecified atom stereocenters. The quantitative estimate of drug-likeness (QED) is 0.147. The first-order valence-corrected chi connectivity index (χ1v) is 14.6. The van der Waals surface area contributed by atoms with Gasteiger partial charge in [0.15, 0.2) is 5.82 Å². The van der Waals surface area contributed by atoms with Crippen LogP contribution in [0.5, 0.6) is 0 Å². The van der Waals surface area contributed by atoms with E-state index >= 15 is 0 Å². The molecule has 1 fully saturated rings. The number of nitrogens with zero attached hydrogens (tertiary/aromatic N) is 3. The Hall–Kier alpha value is -5.26. The van der Waals surface area contributed by atoms with Crippen LogP contribution in [0.3, 0.4) is 0 Å². The third kappa shape index (κ3) is 7.77. The van der Waals surface area contributed by atoms with Crippen LogP contribution in [-0.4, -0.2) is 56.2 Å². The molecule has 1 aromatic heterocycles. The van der Waals surface area contributed by atoms with Gasteiger partial charge in [0.05, 0.1) is 0 Å². The van der Waals surface area contributed by atoms with Crippen molar-refractivity contribution in [2.75, 3.05) is 17.6 Å². The van der Waals surface area contributed by atoms with Crippen LogP contribution in [0.4, 0.5) is 16.2 Å². The van der Waals surface area contributed by atoms with Gasteiger partial charge in [0.1, 0.15) is 6.04 Å². The van der Waals surface area contributed by atoms with Gasteiger partial charge < -0.3 is 26.8 Å². The number of aromatic nitrogens is 4. The van der Waals surface area contributed by atoms with Crippen molar-refractivity contribution >= 4 is 29.3 Å². The van der Waals surface area contributed by atoms with Crippen LogP contribution in [0.1, 0.15) is 36.8 Å². The summed E-state index contributed by atoms with van der Waals surface area (Å²) in [5.74, 6) is -0.0403. The molecule has 0 saturated heterocycles. The molecule has 7 N–H and O–H groups in total. The molecule has 228 valence electrons. The maximum Gasteiger partial charge on any atom is 0.404 e. The average molecular weight is 597 g/mol. The van der Waals surface area contributed by atoms with Gasteiger partial charge >= 0.3 is 6.09 Å². The Kier molecular flexibility index (Phi) is 9.48. The molecule has 0 spiro atoms. The molecule has 0 radical (unpaired) electrons. The van der Waals surface area contributed by atoms with Crippen molar-refractivity contribution in [3.8, 4) is 22.5 Å². The zero-order chi connectivity index (χ0) is 31.1. The summed E-state index contributed by atoms with van der Waals surface area (Å²) in [6, 6.07) is 20.0. The van der Waals surface area contributed by atoms with E-state index in [0.29, 0.717) is 43.0 Å². The Morgan fingerprint density at radius 1 is 1.00 bits per heavy atom. The molecule has 1 heterocycles. The number of hydrogen-bond acceptors (Lipinski definition) is 7. The number of carboxylic acid groups (broad SMARTS) is 1. The maximum absolute atomic E-state index is 13.7. The van der Waals surface area contributed by atoms with Crippen molar-refractivity contribution in [2.45, 2.75) is 45.1 Å². The van der Waals surface area contributed by atoms with Gasteiger partial charge in [-0.1, -0.05) is 30.3 Å². The Morgan fingerprint density at radius 2 is 1.77 bits per heavy atom. The molecule has 1 aliphatic rings. The molecule has 12 heteroatoms. The predicted octanol–water partition coefficient (Wildman–Crippen LogP) is 4.16. The number of nitrogens with two attached hydrogens (primary N) is 1. The summed E-state index contributed by atoms with van der Waals surface area (Å²) in [7, 11) is 0. The highest BCUT2D eigenvalue weighted by molar-refractivity contribution is 5.97. The van der Waals surface area contributed by atoms with Gasteiger partial charge in [0, 0.05) is 35.8 Å². The Labute approximate surface area is 254 Å². The molecule has 44 heavy (non-hydrogen) atoms. The van der Waals surface area contributed by atoms with E-state index in [4.69, 9.17) is 10.8 Å². The smallest absolute Gasteiger partial charge is 0.404 e. The molecule has 0 bridgehead atoms. The number of aromatic amines is 1. The first-order valence-electron chi connectivity index (χ1n) is 14.6. The molecular formula is C32H36N8O4. The molecule has 1 atom stereocenters. The van der Waals surface area contributed by atoms with Crippen LogP contribution in [0.15, 0.2) is 66.7 Å². The SMILES string of the molecule is Cc1cc(N)ccc1-c1cccc(C[C@H](NC(=O)[C@H]2CC[C@H](CNC(=O)O)CC2)C(=O)Nc2ccc(-c3nnn[nH]3)cc2)c1. The summed E-state index contributed by atoms with van der Waals surface area (Å²) in [5.41, 5.74) is 12.0. The summed E-state index contributed by atoms with van der Waals surface area (Å²) in [6.45, 7) is 2.38.